The SMILES string of the molecule is CCOC(=O)[C@@H]1CCCCN1CC(=O)N1N=C(c2ccccc2)C[C@H]1c1ccccc1F. The van der Waals surface area contributed by atoms with E-state index < -0.39 is 12.1 Å². The number of halogens is 1. The van der Waals surface area contributed by atoms with Gasteiger partial charge in [-0.3, -0.25) is 14.5 Å². The number of hydrogen-bond acceptors (Lipinski definition) is 5. The molecular weight excluding hydrogens is 409 g/mol. The quantitative estimate of drug-likeness (QED) is 0.643. The van der Waals surface area contributed by atoms with E-state index in [1.165, 1.54) is 11.1 Å². The molecule has 2 aromatic carbocycles. The van der Waals surface area contributed by atoms with Crippen molar-refractivity contribution in [3.63, 3.8) is 0 Å². The number of carbonyl (C=O) groups excluding carboxylic acids is 2. The molecule has 0 aliphatic carbocycles. The summed E-state index contributed by atoms with van der Waals surface area (Å²) in [5.41, 5.74) is 2.09. The Morgan fingerprint density at radius 1 is 1.09 bits per heavy atom. The van der Waals surface area contributed by atoms with Crippen molar-refractivity contribution >= 4 is 17.6 Å². The van der Waals surface area contributed by atoms with Gasteiger partial charge < -0.3 is 4.74 Å². The van der Waals surface area contributed by atoms with Crippen molar-refractivity contribution in [2.45, 2.75) is 44.7 Å². The highest BCUT2D eigenvalue weighted by Crippen LogP contribution is 2.34. The number of likely N-dealkylation sites (tertiary alicyclic amines) is 1. The number of rotatable bonds is 6. The number of amides is 1. The van der Waals surface area contributed by atoms with E-state index in [1.807, 2.05) is 35.2 Å². The van der Waals surface area contributed by atoms with Crippen molar-refractivity contribution < 1.29 is 18.7 Å². The fourth-order valence-electron chi connectivity index (χ4n) is 4.46. The molecule has 4 rings (SSSR count). The van der Waals surface area contributed by atoms with Crippen molar-refractivity contribution in [2.75, 3.05) is 19.7 Å². The van der Waals surface area contributed by atoms with Crippen LogP contribution in [-0.4, -0.2) is 53.2 Å². The van der Waals surface area contributed by atoms with Crippen LogP contribution in [0.3, 0.4) is 0 Å². The van der Waals surface area contributed by atoms with E-state index in [1.54, 1.807) is 25.1 Å². The lowest BCUT2D eigenvalue weighted by Crippen LogP contribution is -2.49. The van der Waals surface area contributed by atoms with Crippen LogP contribution in [0.4, 0.5) is 4.39 Å². The summed E-state index contributed by atoms with van der Waals surface area (Å²) in [6.45, 7) is 2.77. The summed E-state index contributed by atoms with van der Waals surface area (Å²) in [5, 5.41) is 6.02. The lowest BCUT2D eigenvalue weighted by Gasteiger charge is -2.34. The lowest BCUT2D eigenvalue weighted by atomic mass is 9.98. The molecule has 6 nitrogen and oxygen atoms in total. The Morgan fingerprint density at radius 3 is 2.59 bits per heavy atom. The minimum absolute atomic E-state index is 0.0417. The van der Waals surface area contributed by atoms with Gasteiger partial charge in [-0.15, -0.1) is 0 Å². The van der Waals surface area contributed by atoms with E-state index in [0.717, 1.165) is 24.1 Å². The predicted molar refractivity (Wildman–Crippen MR) is 119 cm³/mol. The van der Waals surface area contributed by atoms with E-state index in [4.69, 9.17) is 4.74 Å². The van der Waals surface area contributed by atoms with Gasteiger partial charge in [-0.1, -0.05) is 55.0 Å². The number of nitrogens with zero attached hydrogens (tertiary/aromatic N) is 3. The standard InChI is InChI=1S/C25H28FN3O3/c1-2-32-25(31)22-14-8-9-15-28(22)17-24(30)29-23(19-12-6-7-13-20(19)26)16-21(27-29)18-10-4-3-5-11-18/h3-7,10-13,22-23H,2,8-9,14-17H2,1H3/t22-,23-/m0/s1. The summed E-state index contributed by atoms with van der Waals surface area (Å²) >= 11 is 0. The second-order valence-corrected chi connectivity index (χ2v) is 8.13. The highest BCUT2D eigenvalue weighted by Gasteiger charge is 2.37. The minimum atomic E-state index is -0.523. The number of carbonyl (C=O) groups is 2. The first-order chi connectivity index (χ1) is 15.6. The highest BCUT2D eigenvalue weighted by atomic mass is 19.1. The molecule has 1 saturated heterocycles. The fourth-order valence-corrected chi connectivity index (χ4v) is 4.46. The van der Waals surface area contributed by atoms with E-state index in [2.05, 4.69) is 5.10 Å². The second kappa shape index (κ2) is 10.0. The molecule has 2 aliphatic rings. The third kappa shape index (κ3) is 4.72. The van der Waals surface area contributed by atoms with Gasteiger partial charge in [0.05, 0.1) is 24.9 Å². The number of ether oxygens (including phenoxy) is 1. The van der Waals surface area contributed by atoms with Crippen LogP contribution < -0.4 is 0 Å². The van der Waals surface area contributed by atoms with E-state index in [9.17, 15) is 14.0 Å². The van der Waals surface area contributed by atoms with Crippen molar-refractivity contribution in [1.82, 2.24) is 9.91 Å². The molecule has 1 amide bonds. The van der Waals surface area contributed by atoms with Crippen molar-refractivity contribution in [1.29, 1.82) is 0 Å². The molecule has 0 radical (unpaired) electrons. The molecule has 2 aromatic rings. The first-order valence-corrected chi connectivity index (χ1v) is 11.2. The van der Waals surface area contributed by atoms with Crippen LogP contribution >= 0.6 is 0 Å². The van der Waals surface area contributed by atoms with Gasteiger partial charge in [-0.05, 0) is 37.9 Å². The van der Waals surface area contributed by atoms with Crippen LogP contribution in [0.15, 0.2) is 59.7 Å². The van der Waals surface area contributed by atoms with Crippen LogP contribution in [0.1, 0.15) is 49.8 Å². The van der Waals surface area contributed by atoms with Crippen LogP contribution in [0, 0.1) is 5.82 Å². The third-order valence-corrected chi connectivity index (χ3v) is 6.05. The Hall–Kier alpha value is -3.06. The van der Waals surface area contributed by atoms with Crippen LogP contribution in [-0.2, 0) is 14.3 Å². The van der Waals surface area contributed by atoms with Crippen molar-refractivity contribution in [3.8, 4) is 0 Å². The summed E-state index contributed by atoms with van der Waals surface area (Å²) in [4.78, 5) is 27.7. The van der Waals surface area contributed by atoms with Crippen molar-refractivity contribution in [3.05, 3.63) is 71.5 Å². The van der Waals surface area contributed by atoms with Crippen LogP contribution in [0.2, 0.25) is 0 Å². The van der Waals surface area contributed by atoms with Gasteiger partial charge in [0.25, 0.3) is 5.91 Å². The largest absolute Gasteiger partial charge is 0.465 e. The topological polar surface area (TPSA) is 62.2 Å². The molecule has 0 bridgehead atoms. The molecule has 168 valence electrons. The number of hydrazone groups is 1. The molecule has 0 unspecified atom stereocenters. The molecule has 7 heteroatoms. The number of piperidine rings is 1. The number of hydrogen-bond donors (Lipinski definition) is 0. The van der Waals surface area contributed by atoms with Gasteiger partial charge >= 0.3 is 5.97 Å². The molecule has 0 N–H and O–H groups in total. The third-order valence-electron chi connectivity index (χ3n) is 6.05. The summed E-state index contributed by atoms with van der Waals surface area (Å²) in [7, 11) is 0. The Kier molecular flexibility index (Phi) is 6.95. The summed E-state index contributed by atoms with van der Waals surface area (Å²) in [6.07, 6.45) is 2.93. The van der Waals surface area contributed by atoms with Gasteiger partial charge in [0.2, 0.25) is 0 Å². The van der Waals surface area contributed by atoms with Gasteiger partial charge in [0.15, 0.2) is 0 Å². The van der Waals surface area contributed by atoms with E-state index in [0.29, 0.717) is 31.6 Å². The summed E-state index contributed by atoms with van der Waals surface area (Å²) in [5.74, 6) is -0.900. The van der Waals surface area contributed by atoms with Crippen molar-refractivity contribution in [2.24, 2.45) is 5.10 Å². The zero-order valence-corrected chi connectivity index (χ0v) is 18.2. The monoisotopic (exact) mass is 437 g/mol. The normalized spacial score (nSPS) is 21.3. The fraction of sp³-hybridized carbons (Fsp3) is 0.400. The molecule has 32 heavy (non-hydrogen) atoms. The highest BCUT2D eigenvalue weighted by molar-refractivity contribution is 6.03. The Morgan fingerprint density at radius 2 is 1.84 bits per heavy atom. The molecule has 0 spiro atoms. The maximum absolute atomic E-state index is 14.7. The average molecular weight is 438 g/mol. The molecule has 2 heterocycles. The Labute approximate surface area is 187 Å². The zero-order valence-electron chi connectivity index (χ0n) is 18.2. The molecule has 2 atom stereocenters. The Bertz CT molecular complexity index is 995. The summed E-state index contributed by atoms with van der Waals surface area (Å²) < 4.78 is 19.9. The molecule has 2 aliphatic heterocycles. The average Bonchev–Trinajstić information content (AvgIpc) is 3.26. The number of esters is 1. The van der Waals surface area contributed by atoms with E-state index in [-0.39, 0.29) is 24.2 Å². The maximum Gasteiger partial charge on any atom is 0.323 e. The van der Waals surface area contributed by atoms with Gasteiger partial charge in [-0.2, -0.15) is 5.10 Å². The maximum atomic E-state index is 14.7. The van der Waals surface area contributed by atoms with Crippen LogP contribution in [0.25, 0.3) is 0 Å². The van der Waals surface area contributed by atoms with Gasteiger partial charge in [-0.25, -0.2) is 9.40 Å². The molecular formula is C25H28FN3O3. The van der Waals surface area contributed by atoms with Crippen LogP contribution in [0.5, 0.6) is 0 Å². The van der Waals surface area contributed by atoms with E-state index >= 15 is 0 Å². The first-order valence-electron chi connectivity index (χ1n) is 11.2. The molecule has 1 fully saturated rings. The minimum Gasteiger partial charge on any atom is -0.465 e. The first kappa shape index (κ1) is 22.1. The van der Waals surface area contributed by atoms with Gasteiger partial charge in [0, 0.05) is 12.0 Å². The second-order valence-electron chi connectivity index (χ2n) is 8.13. The predicted octanol–water partition coefficient (Wildman–Crippen LogP) is 3.92. The summed E-state index contributed by atoms with van der Waals surface area (Å²) in [6, 6.07) is 15.2. The molecule has 0 saturated carbocycles. The lowest BCUT2D eigenvalue weighted by molar-refractivity contribution is -0.152. The smallest absolute Gasteiger partial charge is 0.323 e. The number of benzene rings is 2. The zero-order chi connectivity index (χ0) is 22.5. The van der Waals surface area contributed by atoms with Gasteiger partial charge in [0.1, 0.15) is 11.9 Å². The molecule has 0 aromatic heterocycles. The Balaban J connectivity index is 1.60.